The first-order valence-electron chi connectivity index (χ1n) is 11.4. The number of carbonyl (C=O) groups is 1. The van der Waals surface area contributed by atoms with Gasteiger partial charge < -0.3 is 14.2 Å². The van der Waals surface area contributed by atoms with Gasteiger partial charge in [0.25, 0.3) is 5.56 Å². The molecule has 1 aliphatic rings. The van der Waals surface area contributed by atoms with Gasteiger partial charge in [0.15, 0.2) is 16.3 Å². The lowest BCUT2D eigenvalue weighted by molar-refractivity contribution is -0.136. The minimum atomic E-state index is -0.617. The highest BCUT2D eigenvalue weighted by Crippen LogP contribution is 2.32. The third-order valence-electron chi connectivity index (χ3n) is 5.61. The number of fused-ring (bicyclic) bond motifs is 1. The maximum atomic E-state index is 13.7. The molecule has 2 heterocycles. The minimum absolute atomic E-state index is 0.00759. The molecule has 1 aromatic heterocycles. The van der Waals surface area contributed by atoms with Crippen molar-refractivity contribution in [1.82, 2.24) is 4.57 Å². The summed E-state index contributed by atoms with van der Waals surface area (Å²) in [5.41, 5.74) is 2.40. The van der Waals surface area contributed by atoms with Crippen molar-refractivity contribution in [1.29, 1.82) is 0 Å². The first kappa shape index (κ1) is 24.5. The predicted octanol–water partition coefficient (Wildman–Crippen LogP) is 3.59. The monoisotopic (exact) mass is 492 g/mol. The van der Waals surface area contributed by atoms with Crippen molar-refractivity contribution >= 4 is 23.4 Å². The van der Waals surface area contributed by atoms with Gasteiger partial charge in [0.1, 0.15) is 0 Å². The smallest absolute Gasteiger partial charge is 0.338 e. The molecule has 0 aliphatic carbocycles. The molecule has 7 nitrogen and oxygen atoms in total. The summed E-state index contributed by atoms with van der Waals surface area (Å²) >= 11 is 1.29. The molecule has 0 N–H and O–H groups in total. The third-order valence-corrected chi connectivity index (χ3v) is 6.60. The lowest BCUT2D eigenvalue weighted by Gasteiger charge is -2.25. The van der Waals surface area contributed by atoms with E-state index < -0.39 is 12.0 Å². The van der Waals surface area contributed by atoms with Gasteiger partial charge in [0.2, 0.25) is 0 Å². The minimum Gasteiger partial charge on any atom is -0.493 e. The number of rotatable bonds is 7. The molecule has 182 valence electrons. The summed E-state index contributed by atoms with van der Waals surface area (Å²) in [4.78, 5) is 31.7. The molecule has 0 fully saturated rings. The highest BCUT2D eigenvalue weighted by atomic mass is 32.1. The zero-order valence-corrected chi connectivity index (χ0v) is 21.2. The summed E-state index contributed by atoms with van der Waals surface area (Å²) < 4.78 is 18.5. The summed E-state index contributed by atoms with van der Waals surface area (Å²) in [5.74, 6) is 0.739. The van der Waals surface area contributed by atoms with E-state index in [1.807, 2.05) is 69.3 Å². The maximum Gasteiger partial charge on any atom is 0.338 e. The zero-order valence-electron chi connectivity index (χ0n) is 20.4. The van der Waals surface area contributed by atoms with Crippen LogP contribution in [0.25, 0.3) is 6.08 Å². The van der Waals surface area contributed by atoms with Crippen LogP contribution in [0.4, 0.5) is 0 Å². The van der Waals surface area contributed by atoms with Crippen molar-refractivity contribution in [2.24, 2.45) is 4.99 Å². The van der Waals surface area contributed by atoms with Crippen LogP contribution in [0.3, 0.4) is 0 Å². The SMILES string of the molecule is CCC1=C(C(=O)OC)[C@H](c2ccccc2)n2c(s/c(=C\c3ccc(OC(C)C)c(OC)c3)c2=O)=N1. The lowest BCUT2D eigenvalue weighted by Crippen LogP contribution is -2.40. The Balaban J connectivity index is 1.91. The van der Waals surface area contributed by atoms with Gasteiger partial charge in [0, 0.05) is 0 Å². The van der Waals surface area contributed by atoms with E-state index in [9.17, 15) is 9.59 Å². The molecule has 35 heavy (non-hydrogen) atoms. The number of aromatic nitrogens is 1. The Morgan fingerprint density at radius 3 is 2.51 bits per heavy atom. The highest BCUT2D eigenvalue weighted by Gasteiger charge is 2.33. The van der Waals surface area contributed by atoms with Crippen molar-refractivity contribution < 1.29 is 19.0 Å². The molecule has 0 amide bonds. The Morgan fingerprint density at radius 1 is 1.14 bits per heavy atom. The van der Waals surface area contributed by atoms with Crippen LogP contribution in [0.1, 0.15) is 44.4 Å². The van der Waals surface area contributed by atoms with Crippen LogP contribution >= 0.6 is 11.3 Å². The Bertz CT molecular complexity index is 1450. The number of benzene rings is 2. The second-order valence-electron chi connectivity index (χ2n) is 8.28. The van der Waals surface area contributed by atoms with E-state index in [0.29, 0.717) is 38.5 Å². The van der Waals surface area contributed by atoms with Crippen LogP contribution in [0.15, 0.2) is 69.6 Å². The quantitative estimate of drug-likeness (QED) is 0.471. The van der Waals surface area contributed by atoms with Crippen molar-refractivity contribution in [3.05, 3.63) is 90.6 Å². The molecule has 8 heteroatoms. The molecule has 0 saturated heterocycles. The van der Waals surface area contributed by atoms with E-state index >= 15 is 0 Å². The Morgan fingerprint density at radius 2 is 1.89 bits per heavy atom. The van der Waals surface area contributed by atoms with Gasteiger partial charge in [-0.2, -0.15) is 0 Å². The van der Waals surface area contributed by atoms with Gasteiger partial charge in [-0.1, -0.05) is 54.7 Å². The van der Waals surface area contributed by atoms with Gasteiger partial charge in [-0.15, -0.1) is 0 Å². The highest BCUT2D eigenvalue weighted by molar-refractivity contribution is 7.07. The van der Waals surface area contributed by atoms with Crippen molar-refractivity contribution in [2.75, 3.05) is 14.2 Å². The summed E-state index contributed by atoms with van der Waals surface area (Å²) in [6.45, 7) is 5.83. The van der Waals surface area contributed by atoms with Crippen molar-refractivity contribution in [2.45, 2.75) is 39.3 Å². The van der Waals surface area contributed by atoms with Crippen LogP contribution in [0.2, 0.25) is 0 Å². The van der Waals surface area contributed by atoms with E-state index in [2.05, 4.69) is 4.99 Å². The average Bonchev–Trinajstić information content (AvgIpc) is 3.17. The van der Waals surface area contributed by atoms with Crippen molar-refractivity contribution in [3.63, 3.8) is 0 Å². The van der Waals surface area contributed by atoms with Crippen LogP contribution < -0.4 is 24.4 Å². The summed E-state index contributed by atoms with van der Waals surface area (Å²) in [7, 11) is 2.93. The Hall–Kier alpha value is -3.65. The van der Waals surface area contributed by atoms with E-state index in [0.717, 1.165) is 11.1 Å². The summed E-state index contributed by atoms with van der Waals surface area (Å²) in [5, 5.41) is 0. The fraction of sp³-hybridized carbons (Fsp3) is 0.296. The average molecular weight is 493 g/mol. The van der Waals surface area contributed by atoms with Crippen LogP contribution in [-0.2, 0) is 9.53 Å². The zero-order chi connectivity index (χ0) is 25.1. The van der Waals surface area contributed by atoms with Gasteiger partial charge in [-0.25, -0.2) is 9.79 Å². The fourth-order valence-electron chi connectivity index (χ4n) is 4.09. The first-order chi connectivity index (χ1) is 16.9. The molecular weight excluding hydrogens is 464 g/mol. The number of hydrogen-bond donors (Lipinski definition) is 0. The van der Waals surface area contributed by atoms with E-state index in [1.54, 1.807) is 17.8 Å². The normalized spacial score (nSPS) is 15.6. The predicted molar refractivity (Wildman–Crippen MR) is 136 cm³/mol. The first-order valence-corrected chi connectivity index (χ1v) is 12.2. The number of hydrogen-bond acceptors (Lipinski definition) is 7. The number of nitrogens with zero attached hydrogens (tertiary/aromatic N) is 2. The van der Waals surface area contributed by atoms with Gasteiger partial charge in [-0.3, -0.25) is 9.36 Å². The number of allylic oxidation sites excluding steroid dienone is 1. The Kier molecular flexibility index (Phi) is 7.21. The number of carbonyl (C=O) groups excluding carboxylic acids is 1. The van der Waals surface area contributed by atoms with Crippen molar-refractivity contribution in [3.8, 4) is 11.5 Å². The lowest BCUT2D eigenvalue weighted by atomic mass is 9.95. The molecule has 0 spiro atoms. The van der Waals surface area contributed by atoms with Crippen LogP contribution in [0.5, 0.6) is 11.5 Å². The molecule has 0 saturated carbocycles. The molecular formula is C27H28N2O5S. The van der Waals surface area contributed by atoms with E-state index in [4.69, 9.17) is 14.2 Å². The fourth-order valence-corrected chi connectivity index (χ4v) is 5.11. The van der Waals surface area contributed by atoms with Gasteiger partial charge in [-0.05, 0) is 49.6 Å². The molecule has 2 aromatic carbocycles. The van der Waals surface area contributed by atoms with Crippen LogP contribution in [0, 0.1) is 0 Å². The van der Waals surface area contributed by atoms with Gasteiger partial charge in [0.05, 0.1) is 42.2 Å². The summed E-state index contributed by atoms with van der Waals surface area (Å²) in [6, 6.07) is 14.4. The Labute approximate surface area is 207 Å². The molecule has 1 aliphatic heterocycles. The van der Waals surface area contributed by atoms with E-state index in [-0.39, 0.29) is 11.7 Å². The van der Waals surface area contributed by atoms with Gasteiger partial charge >= 0.3 is 5.97 Å². The number of methoxy groups -OCH3 is 2. The topological polar surface area (TPSA) is 79.1 Å². The van der Waals surface area contributed by atoms with Crippen LogP contribution in [-0.4, -0.2) is 30.9 Å². The largest absolute Gasteiger partial charge is 0.493 e. The van der Waals surface area contributed by atoms with E-state index in [1.165, 1.54) is 18.4 Å². The number of thiazole rings is 1. The maximum absolute atomic E-state index is 13.7. The molecule has 3 aromatic rings. The molecule has 0 bridgehead atoms. The number of esters is 1. The molecule has 0 unspecified atom stereocenters. The molecule has 4 rings (SSSR count). The second-order valence-corrected chi connectivity index (χ2v) is 9.28. The summed E-state index contributed by atoms with van der Waals surface area (Å²) in [6.07, 6.45) is 2.35. The third kappa shape index (κ3) is 4.79. The standard InChI is InChI=1S/C27H28N2O5S/c1-6-19-23(26(31)33-5)24(18-10-8-7-9-11-18)29-25(30)22(35-27(29)28-19)15-17-12-13-20(34-16(2)3)21(14-17)32-4/h7-16,24H,6H2,1-5H3/b22-15-/t24-/m0/s1. The molecule has 1 atom stereocenters. The molecule has 0 radical (unpaired) electrons. The second kappa shape index (κ2) is 10.3. The number of ether oxygens (including phenoxy) is 3.